The van der Waals surface area contributed by atoms with Gasteiger partial charge in [-0.1, -0.05) is 0 Å². The summed E-state index contributed by atoms with van der Waals surface area (Å²) in [5.74, 6) is -0.681. The van der Waals surface area contributed by atoms with Crippen molar-refractivity contribution in [3.8, 4) is 5.75 Å². The van der Waals surface area contributed by atoms with Gasteiger partial charge in [0.25, 0.3) is 0 Å². The Balaban J connectivity index is 2.99. The SMILES string of the molecule is CCOC(C)(OC(C)=O)c1ccc(OC)cc1. The quantitative estimate of drug-likeness (QED) is 0.584. The van der Waals surface area contributed by atoms with E-state index in [1.165, 1.54) is 6.92 Å². The molecule has 1 atom stereocenters. The number of esters is 1. The van der Waals surface area contributed by atoms with Crippen LogP contribution in [0.5, 0.6) is 5.75 Å². The second kappa shape index (κ2) is 5.68. The number of rotatable bonds is 5. The van der Waals surface area contributed by atoms with E-state index in [1.54, 1.807) is 26.2 Å². The largest absolute Gasteiger partial charge is 0.497 e. The molecular weight excluding hydrogens is 220 g/mol. The zero-order chi connectivity index (χ0) is 12.9. The highest BCUT2D eigenvalue weighted by molar-refractivity contribution is 5.66. The highest BCUT2D eigenvalue weighted by Crippen LogP contribution is 2.28. The Kier molecular flexibility index (Phi) is 4.52. The van der Waals surface area contributed by atoms with Crippen LogP contribution in [-0.4, -0.2) is 19.7 Å². The van der Waals surface area contributed by atoms with Gasteiger partial charge in [0.2, 0.25) is 5.79 Å². The summed E-state index contributed by atoms with van der Waals surface area (Å²) in [6, 6.07) is 7.24. The number of benzene rings is 1. The molecule has 0 fully saturated rings. The van der Waals surface area contributed by atoms with E-state index in [4.69, 9.17) is 14.2 Å². The van der Waals surface area contributed by atoms with E-state index in [2.05, 4.69) is 0 Å². The van der Waals surface area contributed by atoms with Crippen molar-refractivity contribution in [2.75, 3.05) is 13.7 Å². The van der Waals surface area contributed by atoms with Gasteiger partial charge in [-0.05, 0) is 31.2 Å². The number of hydrogen-bond donors (Lipinski definition) is 0. The van der Waals surface area contributed by atoms with Gasteiger partial charge in [0, 0.05) is 26.0 Å². The lowest BCUT2D eigenvalue weighted by molar-refractivity contribution is -0.226. The third kappa shape index (κ3) is 3.46. The summed E-state index contributed by atoms with van der Waals surface area (Å²) in [7, 11) is 1.60. The average molecular weight is 238 g/mol. The topological polar surface area (TPSA) is 44.8 Å². The van der Waals surface area contributed by atoms with Crippen LogP contribution in [0.1, 0.15) is 26.3 Å². The summed E-state index contributed by atoms with van der Waals surface area (Å²) >= 11 is 0. The predicted molar refractivity (Wildman–Crippen MR) is 63.7 cm³/mol. The molecule has 1 aromatic carbocycles. The molecule has 4 heteroatoms. The van der Waals surface area contributed by atoms with Gasteiger partial charge in [0.05, 0.1) is 7.11 Å². The molecule has 4 nitrogen and oxygen atoms in total. The lowest BCUT2D eigenvalue weighted by Gasteiger charge is -2.29. The lowest BCUT2D eigenvalue weighted by atomic mass is 10.1. The molecular formula is C13H18O4. The highest BCUT2D eigenvalue weighted by Gasteiger charge is 2.30. The van der Waals surface area contributed by atoms with Gasteiger partial charge in [0.15, 0.2) is 0 Å². The third-order valence-corrected chi connectivity index (χ3v) is 2.37. The van der Waals surface area contributed by atoms with Crippen LogP contribution in [0.4, 0.5) is 0 Å². The highest BCUT2D eigenvalue weighted by atomic mass is 16.7. The van der Waals surface area contributed by atoms with Crippen LogP contribution in [0.3, 0.4) is 0 Å². The van der Waals surface area contributed by atoms with Crippen molar-refractivity contribution in [3.05, 3.63) is 29.8 Å². The lowest BCUT2D eigenvalue weighted by Crippen LogP contribution is -2.31. The van der Waals surface area contributed by atoms with Crippen LogP contribution in [-0.2, 0) is 20.1 Å². The van der Waals surface area contributed by atoms with Crippen LogP contribution in [0.15, 0.2) is 24.3 Å². The molecule has 1 rings (SSSR count). The minimum atomic E-state index is -1.05. The van der Waals surface area contributed by atoms with Crippen LogP contribution in [0.25, 0.3) is 0 Å². The average Bonchev–Trinajstić information content (AvgIpc) is 2.28. The van der Waals surface area contributed by atoms with Gasteiger partial charge < -0.3 is 14.2 Å². The van der Waals surface area contributed by atoms with Gasteiger partial charge in [-0.3, -0.25) is 4.79 Å². The molecule has 0 aromatic heterocycles. The maximum atomic E-state index is 11.1. The monoisotopic (exact) mass is 238 g/mol. The number of methoxy groups -OCH3 is 1. The van der Waals surface area contributed by atoms with E-state index in [1.807, 2.05) is 19.1 Å². The molecule has 0 amide bonds. The second-order valence-corrected chi connectivity index (χ2v) is 3.70. The first-order chi connectivity index (χ1) is 8.01. The molecule has 0 aliphatic rings. The molecule has 1 unspecified atom stereocenters. The van der Waals surface area contributed by atoms with E-state index in [0.717, 1.165) is 11.3 Å². The maximum absolute atomic E-state index is 11.1. The summed E-state index contributed by atoms with van der Waals surface area (Å²) in [4.78, 5) is 11.1. The van der Waals surface area contributed by atoms with Gasteiger partial charge >= 0.3 is 5.97 Å². The van der Waals surface area contributed by atoms with Crippen molar-refractivity contribution in [2.45, 2.75) is 26.6 Å². The Bertz CT molecular complexity index is 372. The van der Waals surface area contributed by atoms with Crippen molar-refractivity contribution < 1.29 is 19.0 Å². The zero-order valence-corrected chi connectivity index (χ0v) is 10.6. The molecule has 0 N–H and O–H groups in total. The van der Waals surface area contributed by atoms with Crippen LogP contribution in [0.2, 0.25) is 0 Å². The van der Waals surface area contributed by atoms with E-state index < -0.39 is 5.79 Å². The van der Waals surface area contributed by atoms with Gasteiger partial charge in [-0.15, -0.1) is 0 Å². The van der Waals surface area contributed by atoms with Gasteiger partial charge in [0.1, 0.15) is 5.75 Å². The Morgan fingerprint density at radius 2 is 1.88 bits per heavy atom. The summed E-state index contributed by atoms with van der Waals surface area (Å²) in [5, 5.41) is 0. The molecule has 0 spiro atoms. The van der Waals surface area contributed by atoms with E-state index in [0.29, 0.717) is 6.61 Å². The number of carbonyl (C=O) groups excluding carboxylic acids is 1. The summed E-state index contributed by atoms with van der Waals surface area (Å²) in [6.45, 7) is 5.39. The molecule has 94 valence electrons. The molecule has 0 saturated carbocycles. The molecule has 1 aromatic rings. The fourth-order valence-corrected chi connectivity index (χ4v) is 1.62. The molecule has 0 heterocycles. The second-order valence-electron chi connectivity index (χ2n) is 3.70. The normalized spacial score (nSPS) is 13.9. The summed E-state index contributed by atoms with van der Waals surface area (Å²) in [5.41, 5.74) is 0.773. The minimum Gasteiger partial charge on any atom is -0.497 e. The van der Waals surface area contributed by atoms with Crippen LogP contribution < -0.4 is 4.74 Å². The maximum Gasteiger partial charge on any atom is 0.305 e. The van der Waals surface area contributed by atoms with Crippen molar-refractivity contribution in [3.63, 3.8) is 0 Å². The first-order valence-corrected chi connectivity index (χ1v) is 5.50. The summed E-state index contributed by atoms with van der Waals surface area (Å²) < 4.78 is 15.8. The standard InChI is InChI=1S/C13H18O4/c1-5-16-13(3,17-10(2)14)11-6-8-12(15-4)9-7-11/h6-9H,5H2,1-4H3. The van der Waals surface area contributed by atoms with Gasteiger partial charge in [-0.25, -0.2) is 0 Å². The smallest absolute Gasteiger partial charge is 0.305 e. The third-order valence-electron chi connectivity index (χ3n) is 2.37. The Morgan fingerprint density at radius 1 is 1.29 bits per heavy atom. The fraction of sp³-hybridized carbons (Fsp3) is 0.462. The number of ether oxygens (including phenoxy) is 3. The number of hydrogen-bond acceptors (Lipinski definition) is 4. The van der Waals surface area contributed by atoms with E-state index >= 15 is 0 Å². The molecule has 0 radical (unpaired) electrons. The first kappa shape index (κ1) is 13.5. The van der Waals surface area contributed by atoms with E-state index in [9.17, 15) is 4.79 Å². The molecule has 0 bridgehead atoms. The van der Waals surface area contributed by atoms with Crippen molar-refractivity contribution in [1.29, 1.82) is 0 Å². The zero-order valence-electron chi connectivity index (χ0n) is 10.6. The predicted octanol–water partition coefficient (Wildman–Crippen LogP) is 2.47. The minimum absolute atomic E-state index is 0.378. The Labute approximate surface area is 101 Å². The van der Waals surface area contributed by atoms with Crippen molar-refractivity contribution in [1.82, 2.24) is 0 Å². The first-order valence-electron chi connectivity index (χ1n) is 5.50. The molecule has 0 aliphatic heterocycles. The van der Waals surface area contributed by atoms with Crippen molar-refractivity contribution >= 4 is 5.97 Å². The summed E-state index contributed by atoms with van der Waals surface area (Å²) in [6.07, 6.45) is 0. The van der Waals surface area contributed by atoms with Crippen molar-refractivity contribution in [2.24, 2.45) is 0 Å². The molecule has 0 saturated heterocycles. The Hall–Kier alpha value is -1.55. The van der Waals surface area contributed by atoms with Crippen LogP contribution in [0, 0.1) is 0 Å². The molecule has 0 aliphatic carbocycles. The number of carbonyl (C=O) groups is 1. The van der Waals surface area contributed by atoms with Crippen LogP contribution >= 0.6 is 0 Å². The van der Waals surface area contributed by atoms with E-state index in [-0.39, 0.29) is 5.97 Å². The van der Waals surface area contributed by atoms with Gasteiger partial charge in [-0.2, -0.15) is 0 Å². The molecule has 17 heavy (non-hydrogen) atoms. The fourth-order valence-electron chi connectivity index (χ4n) is 1.62. The Morgan fingerprint density at radius 3 is 2.29 bits per heavy atom.